The molecule has 0 saturated carbocycles. The predicted octanol–water partition coefficient (Wildman–Crippen LogP) is 0.685. The first-order chi connectivity index (χ1) is 7.74. The van der Waals surface area contributed by atoms with E-state index in [1.807, 2.05) is 6.92 Å². The fourth-order valence-electron chi connectivity index (χ4n) is 2.51. The molecule has 2 heterocycles. The molecule has 4 nitrogen and oxygen atoms in total. The molecule has 1 spiro atoms. The van der Waals surface area contributed by atoms with Gasteiger partial charge in [0.15, 0.2) is 0 Å². The SMILES string of the molecule is CCC(O)COC1COC2(CCNCC2)C1. The zero-order valence-electron chi connectivity index (χ0n) is 10.1. The number of aliphatic hydroxyl groups is 1. The van der Waals surface area contributed by atoms with Crippen molar-refractivity contribution in [2.45, 2.75) is 50.4 Å². The Labute approximate surface area is 97.3 Å². The van der Waals surface area contributed by atoms with Crippen molar-refractivity contribution in [2.24, 2.45) is 0 Å². The van der Waals surface area contributed by atoms with Crippen molar-refractivity contribution < 1.29 is 14.6 Å². The topological polar surface area (TPSA) is 50.7 Å². The third-order valence-electron chi connectivity index (χ3n) is 3.69. The van der Waals surface area contributed by atoms with Gasteiger partial charge in [0.1, 0.15) is 0 Å². The number of aliphatic hydroxyl groups excluding tert-OH is 1. The van der Waals surface area contributed by atoms with E-state index in [0.29, 0.717) is 13.2 Å². The molecule has 0 aromatic carbocycles. The Morgan fingerprint density at radius 2 is 2.25 bits per heavy atom. The first-order valence-corrected chi connectivity index (χ1v) is 6.38. The van der Waals surface area contributed by atoms with E-state index in [-0.39, 0.29) is 17.8 Å². The monoisotopic (exact) mass is 229 g/mol. The Hall–Kier alpha value is -0.160. The summed E-state index contributed by atoms with van der Waals surface area (Å²) in [6.45, 7) is 5.19. The summed E-state index contributed by atoms with van der Waals surface area (Å²) >= 11 is 0. The molecule has 2 rings (SSSR count). The van der Waals surface area contributed by atoms with Gasteiger partial charge in [-0.1, -0.05) is 6.92 Å². The molecule has 2 atom stereocenters. The van der Waals surface area contributed by atoms with Crippen LogP contribution >= 0.6 is 0 Å². The smallest absolute Gasteiger partial charge is 0.0837 e. The first-order valence-electron chi connectivity index (χ1n) is 6.38. The van der Waals surface area contributed by atoms with Crippen LogP contribution in [0.4, 0.5) is 0 Å². The lowest BCUT2D eigenvalue weighted by atomic mass is 9.89. The highest BCUT2D eigenvalue weighted by Gasteiger charge is 2.41. The maximum Gasteiger partial charge on any atom is 0.0837 e. The normalized spacial score (nSPS) is 30.8. The maximum atomic E-state index is 9.44. The second-order valence-electron chi connectivity index (χ2n) is 4.97. The van der Waals surface area contributed by atoms with Crippen LogP contribution in [0.5, 0.6) is 0 Å². The molecule has 2 unspecified atom stereocenters. The average Bonchev–Trinajstić information content (AvgIpc) is 2.70. The van der Waals surface area contributed by atoms with Crippen molar-refractivity contribution in [1.29, 1.82) is 0 Å². The van der Waals surface area contributed by atoms with Gasteiger partial charge in [0.25, 0.3) is 0 Å². The highest BCUT2D eigenvalue weighted by Crippen LogP contribution is 2.35. The summed E-state index contributed by atoms with van der Waals surface area (Å²) in [5, 5.41) is 12.8. The largest absolute Gasteiger partial charge is 0.391 e. The summed E-state index contributed by atoms with van der Waals surface area (Å²) in [6, 6.07) is 0. The summed E-state index contributed by atoms with van der Waals surface area (Å²) in [5.74, 6) is 0. The van der Waals surface area contributed by atoms with Gasteiger partial charge in [-0.25, -0.2) is 0 Å². The Morgan fingerprint density at radius 3 is 2.94 bits per heavy atom. The molecule has 2 aliphatic rings. The molecule has 2 aliphatic heterocycles. The fourth-order valence-corrected chi connectivity index (χ4v) is 2.51. The van der Waals surface area contributed by atoms with Gasteiger partial charge >= 0.3 is 0 Å². The average molecular weight is 229 g/mol. The first kappa shape index (κ1) is 12.3. The van der Waals surface area contributed by atoms with Gasteiger partial charge in [-0.05, 0) is 32.4 Å². The van der Waals surface area contributed by atoms with Crippen molar-refractivity contribution in [3.8, 4) is 0 Å². The number of piperidine rings is 1. The van der Waals surface area contributed by atoms with Crippen LogP contribution in [0.1, 0.15) is 32.6 Å². The highest BCUT2D eigenvalue weighted by molar-refractivity contribution is 4.93. The third kappa shape index (κ3) is 2.94. The van der Waals surface area contributed by atoms with Crippen molar-refractivity contribution in [3.05, 3.63) is 0 Å². The van der Waals surface area contributed by atoms with Gasteiger partial charge in [-0.2, -0.15) is 0 Å². The number of rotatable bonds is 4. The van der Waals surface area contributed by atoms with E-state index in [0.717, 1.165) is 38.8 Å². The molecule has 0 bridgehead atoms. The van der Waals surface area contributed by atoms with Gasteiger partial charge in [-0.3, -0.25) is 0 Å². The van der Waals surface area contributed by atoms with Crippen LogP contribution in [-0.4, -0.2) is 49.2 Å². The van der Waals surface area contributed by atoms with E-state index in [1.54, 1.807) is 0 Å². The predicted molar refractivity (Wildman–Crippen MR) is 61.4 cm³/mol. The van der Waals surface area contributed by atoms with Gasteiger partial charge in [0.2, 0.25) is 0 Å². The van der Waals surface area contributed by atoms with Gasteiger partial charge in [0, 0.05) is 6.42 Å². The van der Waals surface area contributed by atoms with Gasteiger partial charge in [0.05, 0.1) is 31.0 Å². The lowest BCUT2D eigenvalue weighted by molar-refractivity contribution is -0.0300. The highest BCUT2D eigenvalue weighted by atomic mass is 16.6. The zero-order valence-corrected chi connectivity index (χ0v) is 10.1. The minimum Gasteiger partial charge on any atom is -0.391 e. The number of nitrogens with one attached hydrogen (secondary N) is 1. The lowest BCUT2D eigenvalue weighted by Gasteiger charge is -2.32. The molecular weight excluding hydrogens is 206 g/mol. The molecule has 0 aliphatic carbocycles. The number of ether oxygens (including phenoxy) is 2. The molecule has 2 saturated heterocycles. The van der Waals surface area contributed by atoms with Crippen LogP contribution in [0.3, 0.4) is 0 Å². The zero-order chi connectivity index (χ0) is 11.4. The molecule has 4 heteroatoms. The van der Waals surface area contributed by atoms with Crippen LogP contribution in [0.2, 0.25) is 0 Å². The number of hydrogen-bond acceptors (Lipinski definition) is 4. The van der Waals surface area contributed by atoms with Gasteiger partial charge < -0.3 is 19.9 Å². The quantitative estimate of drug-likeness (QED) is 0.744. The minimum atomic E-state index is -0.329. The van der Waals surface area contributed by atoms with Crippen LogP contribution in [-0.2, 0) is 9.47 Å². The molecular formula is C12H23NO3. The Bertz CT molecular complexity index is 216. The molecule has 0 aromatic heterocycles. The third-order valence-corrected chi connectivity index (χ3v) is 3.69. The Morgan fingerprint density at radius 1 is 1.50 bits per heavy atom. The Balaban J connectivity index is 1.74. The van der Waals surface area contributed by atoms with Crippen molar-refractivity contribution in [1.82, 2.24) is 5.32 Å². The summed E-state index contributed by atoms with van der Waals surface area (Å²) in [7, 11) is 0. The standard InChI is InChI=1S/C12H23NO3/c1-2-10(14)8-15-11-7-12(16-9-11)3-5-13-6-4-12/h10-11,13-14H,2-9H2,1H3. The van der Waals surface area contributed by atoms with E-state index < -0.39 is 0 Å². The van der Waals surface area contributed by atoms with Crippen molar-refractivity contribution in [2.75, 3.05) is 26.3 Å². The summed E-state index contributed by atoms with van der Waals surface area (Å²) in [5.41, 5.74) is 0.0626. The fraction of sp³-hybridized carbons (Fsp3) is 1.00. The maximum absolute atomic E-state index is 9.44. The van der Waals surface area contributed by atoms with Crippen LogP contribution in [0, 0.1) is 0 Å². The second-order valence-corrected chi connectivity index (χ2v) is 4.97. The van der Waals surface area contributed by atoms with Crippen LogP contribution in [0.25, 0.3) is 0 Å². The van der Waals surface area contributed by atoms with Crippen LogP contribution in [0.15, 0.2) is 0 Å². The molecule has 0 amide bonds. The molecule has 16 heavy (non-hydrogen) atoms. The van der Waals surface area contributed by atoms with E-state index in [9.17, 15) is 5.11 Å². The van der Waals surface area contributed by atoms with E-state index >= 15 is 0 Å². The summed E-state index contributed by atoms with van der Waals surface area (Å²) < 4.78 is 11.6. The number of hydrogen-bond donors (Lipinski definition) is 2. The molecule has 2 fully saturated rings. The summed E-state index contributed by atoms with van der Waals surface area (Å²) in [4.78, 5) is 0. The molecule has 0 aromatic rings. The molecule has 2 N–H and O–H groups in total. The van der Waals surface area contributed by atoms with Crippen molar-refractivity contribution in [3.63, 3.8) is 0 Å². The molecule has 0 radical (unpaired) electrons. The van der Waals surface area contributed by atoms with E-state index in [4.69, 9.17) is 9.47 Å². The van der Waals surface area contributed by atoms with Gasteiger partial charge in [-0.15, -0.1) is 0 Å². The lowest BCUT2D eigenvalue weighted by Crippen LogP contribution is -2.41. The minimum absolute atomic E-state index is 0.0626. The Kier molecular flexibility index (Phi) is 4.19. The van der Waals surface area contributed by atoms with Crippen LogP contribution < -0.4 is 5.32 Å². The molecule has 94 valence electrons. The van der Waals surface area contributed by atoms with Crippen molar-refractivity contribution >= 4 is 0 Å². The second kappa shape index (κ2) is 5.45. The van der Waals surface area contributed by atoms with E-state index in [1.165, 1.54) is 0 Å². The van der Waals surface area contributed by atoms with E-state index in [2.05, 4.69) is 5.32 Å². The summed E-state index contributed by atoms with van der Waals surface area (Å²) in [6.07, 6.45) is 3.77.